The summed E-state index contributed by atoms with van der Waals surface area (Å²) in [5, 5.41) is 2.93. The molecule has 1 amide bonds. The SMILES string of the molecule is CN(C)C(CNC(=O)c1ccc(CN)cc1)c1ccc(F)cc1.Cl. The van der Waals surface area contributed by atoms with Crippen molar-refractivity contribution in [2.24, 2.45) is 5.73 Å². The molecule has 130 valence electrons. The molecule has 0 fully saturated rings. The number of nitrogens with two attached hydrogens (primary N) is 1. The normalized spacial score (nSPS) is 11.7. The van der Waals surface area contributed by atoms with Crippen LogP contribution in [0.25, 0.3) is 0 Å². The first-order valence-electron chi connectivity index (χ1n) is 7.50. The van der Waals surface area contributed by atoms with Gasteiger partial charge in [0.1, 0.15) is 5.82 Å². The second-order valence-corrected chi connectivity index (χ2v) is 5.64. The molecule has 4 nitrogen and oxygen atoms in total. The number of halogens is 2. The number of nitrogens with one attached hydrogen (secondary N) is 1. The van der Waals surface area contributed by atoms with E-state index in [1.54, 1.807) is 24.3 Å². The number of carbonyl (C=O) groups excluding carboxylic acids is 1. The monoisotopic (exact) mass is 351 g/mol. The van der Waals surface area contributed by atoms with Gasteiger partial charge >= 0.3 is 0 Å². The van der Waals surface area contributed by atoms with Crippen molar-refractivity contribution in [1.82, 2.24) is 10.2 Å². The number of hydrogen-bond donors (Lipinski definition) is 2. The molecule has 24 heavy (non-hydrogen) atoms. The van der Waals surface area contributed by atoms with Crippen molar-refractivity contribution < 1.29 is 9.18 Å². The average Bonchev–Trinajstić information content (AvgIpc) is 2.56. The van der Waals surface area contributed by atoms with Gasteiger partial charge < -0.3 is 16.0 Å². The second kappa shape index (κ2) is 9.37. The third-order valence-corrected chi connectivity index (χ3v) is 3.79. The highest BCUT2D eigenvalue weighted by Gasteiger charge is 2.16. The van der Waals surface area contributed by atoms with E-state index in [9.17, 15) is 9.18 Å². The molecule has 0 bridgehead atoms. The van der Waals surface area contributed by atoms with Crippen LogP contribution in [0.1, 0.15) is 27.5 Å². The molecule has 0 aliphatic heterocycles. The van der Waals surface area contributed by atoms with E-state index < -0.39 is 0 Å². The van der Waals surface area contributed by atoms with E-state index in [1.807, 2.05) is 31.1 Å². The fraction of sp³-hybridized carbons (Fsp3) is 0.278. The van der Waals surface area contributed by atoms with Crippen LogP contribution >= 0.6 is 12.4 Å². The van der Waals surface area contributed by atoms with Gasteiger partial charge in [0, 0.05) is 18.7 Å². The predicted octanol–water partition coefficient (Wildman–Crippen LogP) is 2.74. The first-order valence-corrected chi connectivity index (χ1v) is 7.50. The summed E-state index contributed by atoms with van der Waals surface area (Å²) in [7, 11) is 3.85. The summed E-state index contributed by atoms with van der Waals surface area (Å²) in [5.41, 5.74) is 8.09. The Morgan fingerprint density at radius 3 is 2.21 bits per heavy atom. The number of nitrogens with zero attached hydrogens (tertiary/aromatic N) is 1. The maximum Gasteiger partial charge on any atom is 0.251 e. The molecule has 3 N–H and O–H groups in total. The molecule has 1 atom stereocenters. The van der Waals surface area contributed by atoms with E-state index in [1.165, 1.54) is 12.1 Å². The lowest BCUT2D eigenvalue weighted by molar-refractivity contribution is 0.0942. The molecule has 2 aromatic carbocycles. The van der Waals surface area contributed by atoms with Crippen LogP contribution in [0.15, 0.2) is 48.5 Å². The molecule has 0 aliphatic rings. The smallest absolute Gasteiger partial charge is 0.251 e. The van der Waals surface area contributed by atoms with E-state index in [4.69, 9.17) is 5.73 Å². The Balaban J connectivity index is 0.00000288. The van der Waals surface area contributed by atoms with Crippen molar-refractivity contribution in [2.45, 2.75) is 12.6 Å². The molecule has 0 aromatic heterocycles. The van der Waals surface area contributed by atoms with Gasteiger partial charge in [0.15, 0.2) is 0 Å². The fourth-order valence-corrected chi connectivity index (χ4v) is 2.37. The summed E-state index contributed by atoms with van der Waals surface area (Å²) in [6.45, 7) is 0.894. The largest absolute Gasteiger partial charge is 0.350 e. The van der Waals surface area contributed by atoms with E-state index >= 15 is 0 Å². The lowest BCUT2D eigenvalue weighted by Crippen LogP contribution is -2.34. The van der Waals surface area contributed by atoms with Crippen molar-refractivity contribution in [2.75, 3.05) is 20.6 Å². The van der Waals surface area contributed by atoms with Crippen LogP contribution in [0.5, 0.6) is 0 Å². The van der Waals surface area contributed by atoms with Gasteiger partial charge in [-0.1, -0.05) is 24.3 Å². The Bertz CT molecular complexity index is 644. The molecule has 0 saturated heterocycles. The first kappa shape index (κ1) is 20.1. The van der Waals surface area contributed by atoms with Crippen LogP contribution in [0.3, 0.4) is 0 Å². The van der Waals surface area contributed by atoms with Crippen LogP contribution in [0.4, 0.5) is 4.39 Å². The van der Waals surface area contributed by atoms with E-state index in [-0.39, 0.29) is 30.2 Å². The number of amides is 1. The van der Waals surface area contributed by atoms with Crippen LogP contribution < -0.4 is 11.1 Å². The topological polar surface area (TPSA) is 58.4 Å². The molecule has 0 saturated carbocycles. The van der Waals surface area contributed by atoms with Crippen molar-refractivity contribution in [3.63, 3.8) is 0 Å². The van der Waals surface area contributed by atoms with Crippen LogP contribution in [0, 0.1) is 5.82 Å². The van der Waals surface area contributed by atoms with Gasteiger partial charge in [-0.15, -0.1) is 12.4 Å². The third kappa shape index (κ3) is 5.30. The molecule has 0 aliphatic carbocycles. The Hall–Kier alpha value is -1.95. The van der Waals surface area contributed by atoms with Gasteiger partial charge in [0.2, 0.25) is 0 Å². The minimum Gasteiger partial charge on any atom is -0.350 e. The Morgan fingerprint density at radius 1 is 1.12 bits per heavy atom. The highest BCUT2D eigenvalue weighted by atomic mass is 35.5. The molecular formula is C18H23ClFN3O. The summed E-state index contributed by atoms with van der Waals surface area (Å²) in [6, 6.07) is 13.5. The second-order valence-electron chi connectivity index (χ2n) is 5.64. The number of rotatable bonds is 6. The van der Waals surface area contributed by atoms with Crippen LogP contribution in [-0.2, 0) is 6.54 Å². The van der Waals surface area contributed by atoms with Gasteiger partial charge in [-0.25, -0.2) is 4.39 Å². The number of likely N-dealkylation sites (N-methyl/N-ethyl adjacent to an activating group) is 1. The molecule has 2 rings (SSSR count). The Morgan fingerprint density at radius 2 is 1.71 bits per heavy atom. The van der Waals surface area contributed by atoms with Crippen LogP contribution in [-0.4, -0.2) is 31.4 Å². The van der Waals surface area contributed by atoms with E-state index in [0.717, 1.165) is 11.1 Å². The number of carbonyl (C=O) groups is 1. The molecular weight excluding hydrogens is 329 g/mol. The van der Waals surface area contributed by atoms with E-state index in [2.05, 4.69) is 5.32 Å². The van der Waals surface area contributed by atoms with Crippen molar-refractivity contribution in [3.8, 4) is 0 Å². The summed E-state index contributed by atoms with van der Waals surface area (Å²) < 4.78 is 13.1. The predicted molar refractivity (Wildman–Crippen MR) is 96.7 cm³/mol. The van der Waals surface area contributed by atoms with Crippen molar-refractivity contribution >= 4 is 18.3 Å². The molecule has 0 heterocycles. The first-order chi connectivity index (χ1) is 11.0. The number of hydrogen-bond acceptors (Lipinski definition) is 3. The summed E-state index contributed by atoms with van der Waals surface area (Å²) >= 11 is 0. The highest BCUT2D eigenvalue weighted by molar-refractivity contribution is 5.94. The number of benzene rings is 2. The lowest BCUT2D eigenvalue weighted by Gasteiger charge is -2.25. The minimum absolute atomic E-state index is 0. The van der Waals surface area contributed by atoms with Crippen molar-refractivity contribution in [3.05, 3.63) is 71.0 Å². The summed E-state index contributed by atoms with van der Waals surface area (Å²) in [6.07, 6.45) is 0. The zero-order valence-corrected chi connectivity index (χ0v) is 14.6. The molecule has 0 spiro atoms. The minimum atomic E-state index is -0.268. The lowest BCUT2D eigenvalue weighted by atomic mass is 10.1. The van der Waals surface area contributed by atoms with Gasteiger partial charge in [-0.3, -0.25) is 4.79 Å². The van der Waals surface area contributed by atoms with Gasteiger partial charge in [-0.05, 0) is 49.5 Å². The zero-order chi connectivity index (χ0) is 16.8. The molecule has 0 radical (unpaired) electrons. The Labute approximate surface area is 148 Å². The molecule has 2 aromatic rings. The zero-order valence-electron chi connectivity index (χ0n) is 13.8. The van der Waals surface area contributed by atoms with Crippen LogP contribution in [0.2, 0.25) is 0 Å². The summed E-state index contributed by atoms with van der Waals surface area (Å²) in [4.78, 5) is 14.2. The quantitative estimate of drug-likeness (QED) is 0.841. The summed E-state index contributed by atoms with van der Waals surface area (Å²) in [5.74, 6) is -0.405. The maximum atomic E-state index is 13.1. The Kier molecular flexibility index (Phi) is 7.85. The van der Waals surface area contributed by atoms with E-state index in [0.29, 0.717) is 18.7 Å². The maximum absolute atomic E-state index is 13.1. The highest BCUT2D eigenvalue weighted by Crippen LogP contribution is 2.18. The third-order valence-electron chi connectivity index (χ3n) is 3.79. The fourth-order valence-electron chi connectivity index (χ4n) is 2.37. The standard InChI is InChI=1S/C18H22FN3O.ClH/c1-22(2)17(14-7-9-16(19)10-8-14)12-21-18(23)15-5-3-13(11-20)4-6-15;/h3-10,17H,11-12,20H2,1-2H3,(H,21,23);1H. The van der Waals surface area contributed by atoms with Gasteiger partial charge in [0.25, 0.3) is 5.91 Å². The van der Waals surface area contributed by atoms with Gasteiger partial charge in [0.05, 0.1) is 6.04 Å². The van der Waals surface area contributed by atoms with Crippen molar-refractivity contribution in [1.29, 1.82) is 0 Å². The van der Waals surface area contributed by atoms with Gasteiger partial charge in [-0.2, -0.15) is 0 Å². The molecule has 6 heteroatoms. The average molecular weight is 352 g/mol. The molecule has 1 unspecified atom stereocenters.